The van der Waals surface area contributed by atoms with E-state index in [1.54, 1.807) is 0 Å². The summed E-state index contributed by atoms with van der Waals surface area (Å²) in [5, 5.41) is 13.9. The van der Waals surface area contributed by atoms with Crippen LogP contribution in [0, 0.1) is 0 Å². The minimum atomic E-state index is -0.579. The Balaban J connectivity index is 2.14. The molecule has 16 heavy (non-hydrogen) atoms. The van der Waals surface area contributed by atoms with Crippen molar-refractivity contribution in [2.24, 2.45) is 0 Å². The van der Waals surface area contributed by atoms with Gasteiger partial charge in [-0.2, -0.15) is 5.01 Å². The SMILES string of the molecule is CC1=C(Br)C(O)N(Cc2ccccc2)N1C. The number of allylic oxidation sites excluding steroid dienone is 1. The molecule has 2 rings (SSSR count). The summed E-state index contributed by atoms with van der Waals surface area (Å²) in [6.45, 7) is 2.68. The molecular formula is C12H15BrN2O. The van der Waals surface area contributed by atoms with Crippen molar-refractivity contribution in [3.05, 3.63) is 46.1 Å². The van der Waals surface area contributed by atoms with Crippen LogP contribution in [0.15, 0.2) is 40.5 Å². The number of rotatable bonds is 2. The van der Waals surface area contributed by atoms with Gasteiger partial charge in [0.15, 0.2) is 6.23 Å². The molecule has 1 aromatic rings. The molecule has 1 atom stereocenters. The van der Waals surface area contributed by atoms with Crippen LogP contribution in [-0.4, -0.2) is 28.4 Å². The summed E-state index contributed by atoms with van der Waals surface area (Å²) in [4.78, 5) is 0. The molecule has 0 aliphatic carbocycles. The summed E-state index contributed by atoms with van der Waals surface area (Å²) in [5.74, 6) is 0. The van der Waals surface area contributed by atoms with Crippen LogP contribution >= 0.6 is 15.9 Å². The minimum Gasteiger partial charge on any atom is -0.372 e. The third kappa shape index (κ3) is 2.00. The number of hydrogen-bond acceptors (Lipinski definition) is 3. The van der Waals surface area contributed by atoms with Gasteiger partial charge in [0, 0.05) is 19.3 Å². The van der Waals surface area contributed by atoms with E-state index in [4.69, 9.17) is 0 Å². The number of halogens is 1. The molecule has 1 unspecified atom stereocenters. The number of nitrogens with zero attached hydrogens (tertiary/aromatic N) is 2. The zero-order valence-electron chi connectivity index (χ0n) is 9.39. The highest BCUT2D eigenvalue weighted by atomic mass is 79.9. The zero-order valence-corrected chi connectivity index (χ0v) is 11.0. The van der Waals surface area contributed by atoms with Crippen molar-refractivity contribution in [2.75, 3.05) is 7.05 Å². The van der Waals surface area contributed by atoms with E-state index in [1.165, 1.54) is 5.56 Å². The third-order valence-corrected chi connectivity index (χ3v) is 3.90. The van der Waals surface area contributed by atoms with Crippen molar-refractivity contribution in [2.45, 2.75) is 19.7 Å². The summed E-state index contributed by atoms with van der Waals surface area (Å²) < 4.78 is 0.839. The predicted octanol–water partition coefficient (Wildman–Crippen LogP) is 2.29. The Hall–Kier alpha value is -0.840. The molecular weight excluding hydrogens is 268 g/mol. The lowest BCUT2D eigenvalue weighted by Gasteiger charge is -2.29. The number of benzene rings is 1. The van der Waals surface area contributed by atoms with Gasteiger partial charge < -0.3 is 10.1 Å². The Bertz CT molecular complexity index is 387. The standard InChI is InChI=1S/C12H15BrN2O/c1-9-11(13)12(16)15(14(9)2)8-10-6-4-3-5-7-10/h3-7,12,16H,8H2,1-2H3. The number of aliphatic hydroxyl groups is 1. The fourth-order valence-corrected chi connectivity index (χ4v) is 2.28. The summed E-state index contributed by atoms with van der Waals surface area (Å²) in [7, 11) is 1.95. The highest BCUT2D eigenvalue weighted by molar-refractivity contribution is 9.11. The van der Waals surface area contributed by atoms with Crippen LogP contribution in [0.1, 0.15) is 12.5 Å². The van der Waals surface area contributed by atoms with Crippen molar-refractivity contribution in [1.82, 2.24) is 10.0 Å². The first kappa shape index (κ1) is 11.6. The van der Waals surface area contributed by atoms with E-state index in [0.717, 1.165) is 10.2 Å². The molecule has 86 valence electrons. The molecule has 0 aromatic heterocycles. The van der Waals surface area contributed by atoms with Gasteiger partial charge in [0.2, 0.25) is 0 Å². The van der Waals surface area contributed by atoms with Gasteiger partial charge in [-0.1, -0.05) is 30.3 Å². The molecule has 0 fully saturated rings. The molecule has 1 aromatic carbocycles. The van der Waals surface area contributed by atoms with Gasteiger partial charge in [-0.25, -0.2) is 0 Å². The second kappa shape index (κ2) is 4.57. The molecule has 0 saturated heterocycles. The van der Waals surface area contributed by atoms with Gasteiger partial charge in [0.25, 0.3) is 0 Å². The number of hydrazine groups is 1. The highest BCUT2D eigenvalue weighted by Gasteiger charge is 2.31. The number of hydrogen-bond donors (Lipinski definition) is 1. The molecule has 1 aliphatic heterocycles. The highest BCUT2D eigenvalue weighted by Crippen LogP contribution is 2.31. The summed E-state index contributed by atoms with van der Waals surface area (Å²) in [6.07, 6.45) is -0.579. The van der Waals surface area contributed by atoms with Gasteiger partial charge in [0.05, 0.1) is 4.48 Å². The van der Waals surface area contributed by atoms with Crippen molar-refractivity contribution in [3.63, 3.8) is 0 Å². The minimum absolute atomic E-state index is 0.579. The molecule has 1 heterocycles. The molecule has 0 bridgehead atoms. The van der Waals surface area contributed by atoms with Crippen LogP contribution in [0.2, 0.25) is 0 Å². The Morgan fingerprint density at radius 3 is 2.44 bits per heavy atom. The molecule has 1 N–H and O–H groups in total. The van der Waals surface area contributed by atoms with Crippen molar-refractivity contribution in [1.29, 1.82) is 0 Å². The molecule has 0 saturated carbocycles. The monoisotopic (exact) mass is 282 g/mol. The second-order valence-electron chi connectivity index (χ2n) is 3.91. The predicted molar refractivity (Wildman–Crippen MR) is 67.4 cm³/mol. The molecule has 4 heteroatoms. The largest absolute Gasteiger partial charge is 0.372 e. The molecule has 3 nitrogen and oxygen atoms in total. The van der Waals surface area contributed by atoms with Gasteiger partial charge in [-0.05, 0) is 28.4 Å². The van der Waals surface area contributed by atoms with Crippen molar-refractivity contribution >= 4 is 15.9 Å². The molecule has 1 aliphatic rings. The maximum atomic E-state index is 10.0. The van der Waals surface area contributed by atoms with Crippen molar-refractivity contribution < 1.29 is 5.11 Å². The first-order valence-corrected chi connectivity index (χ1v) is 5.99. The first-order valence-electron chi connectivity index (χ1n) is 5.20. The fraction of sp³-hybridized carbons (Fsp3) is 0.333. The summed E-state index contributed by atoms with van der Waals surface area (Å²) in [5.41, 5.74) is 2.23. The molecule has 0 amide bonds. The lowest BCUT2D eigenvalue weighted by molar-refractivity contribution is -0.0694. The van der Waals surface area contributed by atoms with Crippen LogP contribution in [0.3, 0.4) is 0 Å². The lowest BCUT2D eigenvalue weighted by Crippen LogP contribution is -2.39. The normalized spacial score (nSPS) is 22.0. The van der Waals surface area contributed by atoms with Crippen LogP contribution in [-0.2, 0) is 6.54 Å². The van der Waals surface area contributed by atoms with Crippen LogP contribution < -0.4 is 0 Å². The Kier molecular flexibility index (Phi) is 3.33. The van der Waals surface area contributed by atoms with Gasteiger partial charge in [-0.15, -0.1) is 0 Å². The fourth-order valence-electron chi connectivity index (χ4n) is 1.79. The Morgan fingerprint density at radius 1 is 1.31 bits per heavy atom. The summed E-state index contributed by atoms with van der Waals surface area (Å²) >= 11 is 3.41. The van der Waals surface area contributed by atoms with Crippen LogP contribution in [0.5, 0.6) is 0 Å². The topological polar surface area (TPSA) is 26.7 Å². The van der Waals surface area contributed by atoms with E-state index in [1.807, 2.05) is 42.2 Å². The zero-order chi connectivity index (χ0) is 11.7. The second-order valence-corrected chi connectivity index (χ2v) is 4.77. The van der Waals surface area contributed by atoms with E-state index >= 15 is 0 Å². The van der Waals surface area contributed by atoms with E-state index in [-0.39, 0.29) is 0 Å². The van der Waals surface area contributed by atoms with E-state index < -0.39 is 6.23 Å². The van der Waals surface area contributed by atoms with Crippen LogP contribution in [0.25, 0.3) is 0 Å². The molecule has 0 spiro atoms. The third-order valence-electron chi connectivity index (χ3n) is 2.91. The lowest BCUT2D eigenvalue weighted by atomic mass is 10.2. The quantitative estimate of drug-likeness (QED) is 0.902. The average molecular weight is 283 g/mol. The smallest absolute Gasteiger partial charge is 0.158 e. The van der Waals surface area contributed by atoms with E-state index in [9.17, 15) is 5.11 Å². The van der Waals surface area contributed by atoms with Gasteiger partial charge in [0.1, 0.15) is 0 Å². The van der Waals surface area contributed by atoms with Crippen LogP contribution in [0.4, 0.5) is 0 Å². The summed E-state index contributed by atoms with van der Waals surface area (Å²) in [6, 6.07) is 10.1. The van der Waals surface area contributed by atoms with E-state index in [0.29, 0.717) is 6.54 Å². The average Bonchev–Trinajstić information content (AvgIpc) is 2.48. The van der Waals surface area contributed by atoms with Crippen molar-refractivity contribution in [3.8, 4) is 0 Å². The van der Waals surface area contributed by atoms with Gasteiger partial charge in [-0.3, -0.25) is 0 Å². The Morgan fingerprint density at radius 2 is 1.94 bits per heavy atom. The first-order chi connectivity index (χ1) is 7.61. The Labute approximate surface area is 104 Å². The van der Waals surface area contributed by atoms with Gasteiger partial charge >= 0.3 is 0 Å². The number of aliphatic hydroxyl groups excluding tert-OH is 1. The molecule has 0 radical (unpaired) electrons. The maximum absolute atomic E-state index is 10.0. The van der Waals surface area contributed by atoms with E-state index in [2.05, 4.69) is 28.1 Å². The maximum Gasteiger partial charge on any atom is 0.158 e.